The fraction of sp³-hybridized carbons (Fsp3) is 0.500. The third-order valence-electron chi connectivity index (χ3n) is 7.16. The summed E-state index contributed by atoms with van der Waals surface area (Å²) in [4.78, 5) is 40.1. The lowest BCUT2D eigenvalue weighted by atomic mass is 9.80. The number of carbonyl (C=O) groups excluding carboxylic acids is 3. The highest BCUT2D eigenvalue weighted by atomic mass is 16.5. The Morgan fingerprint density at radius 1 is 1.16 bits per heavy atom. The minimum Gasteiger partial charge on any atom is -0.361 e. The highest BCUT2D eigenvalue weighted by molar-refractivity contribution is 6.05. The SMILES string of the molecule is Cc1oncc1C(=O)N1CCC([C@H]2C(=O)Nc3ccc(C(=O)NC4CCCC4)cc32)CC1. The number of rotatable bonds is 4. The molecule has 168 valence electrons. The van der Waals surface area contributed by atoms with E-state index in [1.54, 1.807) is 17.9 Å². The van der Waals surface area contributed by atoms with Gasteiger partial charge in [-0.15, -0.1) is 0 Å². The summed E-state index contributed by atoms with van der Waals surface area (Å²) >= 11 is 0. The van der Waals surface area contributed by atoms with Gasteiger partial charge in [0, 0.05) is 30.4 Å². The Hall–Kier alpha value is -3.16. The van der Waals surface area contributed by atoms with E-state index in [1.807, 2.05) is 12.1 Å². The first-order chi connectivity index (χ1) is 15.5. The number of hydrogen-bond acceptors (Lipinski definition) is 5. The Kier molecular flexibility index (Phi) is 5.45. The largest absolute Gasteiger partial charge is 0.361 e. The molecule has 0 spiro atoms. The number of fused-ring (bicyclic) bond motifs is 1. The molecule has 1 saturated heterocycles. The molecule has 1 aromatic heterocycles. The van der Waals surface area contributed by atoms with Crippen LogP contribution in [0.25, 0.3) is 0 Å². The second kappa shape index (κ2) is 8.41. The van der Waals surface area contributed by atoms with Gasteiger partial charge in [0.2, 0.25) is 5.91 Å². The van der Waals surface area contributed by atoms with Gasteiger partial charge in [0.15, 0.2) is 0 Å². The standard InChI is InChI=1S/C24H28N4O4/c1-14-19(13-25-32-14)24(31)28-10-8-15(9-11-28)21-18-12-16(6-7-20(18)27-23(21)30)22(29)26-17-4-2-3-5-17/h6-7,12-13,15,17,21H,2-5,8-11H2,1H3,(H,26,29)(H,27,30)/t21-/m1/s1. The number of nitrogens with zero attached hydrogens (tertiary/aromatic N) is 2. The van der Waals surface area contributed by atoms with E-state index in [0.29, 0.717) is 30.0 Å². The van der Waals surface area contributed by atoms with E-state index in [-0.39, 0.29) is 35.6 Å². The minimum absolute atomic E-state index is 0.0204. The van der Waals surface area contributed by atoms with E-state index < -0.39 is 0 Å². The maximum atomic E-state index is 12.8. The summed E-state index contributed by atoms with van der Waals surface area (Å²) in [7, 11) is 0. The number of hydrogen-bond donors (Lipinski definition) is 2. The van der Waals surface area contributed by atoms with Crippen LogP contribution in [0.3, 0.4) is 0 Å². The quantitative estimate of drug-likeness (QED) is 0.766. The topological polar surface area (TPSA) is 105 Å². The Labute approximate surface area is 186 Å². The fourth-order valence-corrected chi connectivity index (χ4v) is 5.34. The van der Waals surface area contributed by atoms with Crippen molar-refractivity contribution in [2.75, 3.05) is 18.4 Å². The van der Waals surface area contributed by atoms with Crippen molar-refractivity contribution in [3.05, 3.63) is 46.8 Å². The molecule has 2 aromatic rings. The Morgan fingerprint density at radius 3 is 2.59 bits per heavy atom. The summed E-state index contributed by atoms with van der Waals surface area (Å²) in [5, 5.41) is 9.80. The number of piperidine rings is 1. The molecule has 3 heterocycles. The van der Waals surface area contributed by atoms with Crippen molar-refractivity contribution in [3.63, 3.8) is 0 Å². The number of benzene rings is 1. The maximum absolute atomic E-state index is 12.8. The first-order valence-corrected chi connectivity index (χ1v) is 11.5. The summed E-state index contributed by atoms with van der Waals surface area (Å²) < 4.78 is 5.02. The third-order valence-corrected chi connectivity index (χ3v) is 7.16. The molecule has 2 N–H and O–H groups in total. The molecule has 0 unspecified atom stereocenters. The van der Waals surface area contributed by atoms with Crippen LogP contribution < -0.4 is 10.6 Å². The highest BCUT2D eigenvalue weighted by Gasteiger charge is 2.39. The number of likely N-dealkylation sites (tertiary alicyclic amines) is 1. The zero-order valence-corrected chi connectivity index (χ0v) is 18.2. The van der Waals surface area contributed by atoms with Crippen LogP contribution >= 0.6 is 0 Å². The average molecular weight is 437 g/mol. The van der Waals surface area contributed by atoms with Gasteiger partial charge < -0.3 is 20.1 Å². The lowest BCUT2D eigenvalue weighted by Crippen LogP contribution is -2.40. The van der Waals surface area contributed by atoms with Crippen LogP contribution in [0.5, 0.6) is 0 Å². The van der Waals surface area contributed by atoms with Gasteiger partial charge in [-0.1, -0.05) is 18.0 Å². The predicted octanol–water partition coefficient (Wildman–Crippen LogP) is 3.24. The lowest BCUT2D eigenvalue weighted by molar-refractivity contribution is -0.118. The van der Waals surface area contributed by atoms with Crippen molar-refractivity contribution in [2.24, 2.45) is 5.92 Å². The van der Waals surface area contributed by atoms with Gasteiger partial charge in [-0.25, -0.2) is 0 Å². The minimum atomic E-state index is -0.293. The summed E-state index contributed by atoms with van der Waals surface area (Å²) in [6.45, 7) is 2.89. The zero-order chi connectivity index (χ0) is 22.2. The number of carbonyl (C=O) groups is 3. The second-order valence-corrected chi connectivity index (χ2v) is 9.15. The molecule has 3 aliphatic rings. The molecule has 0 bridgehead atoms. The molecule has 1 aromatic carbocycles. The van der Waals surface area contributed by atoms with Crippen molar-refractivity contribution >= 4 is 23.4 Å². The number of anilines is 1. The van der Waals surface area contributed by atoms with Crippen molar-refractivity contribution in [2.45, 2.75) is 57.4 Å². The van der Waals surface area contributed by atoms with Crippen molar-refractivity contribution < 1.29 is 18.9 Å². The van der Waals surface area contributed by atoms with Gasteiger partial charge >= 0.3 is 0 Å². The molecule has 8 heteroatoms. The smallest absolute Gasteiger partial charge is 0.259 e. The van der Waals surface area contributed by atoms with Crippen molar-refractivity contribution in [1.29, 1.82) is 0 Å². The van der Waals surface area contributed by atoms with E-state index in [1.165, 1.54) is 6.20 Å². The number of aryl methyl sites for hydroxylation is 1. The van der Waals surface area contributed by atoms with E-state index in [0.717, 1.165) is 49.8 Å². The molecule has 0 radical (unpaired) electrons. The highest BCUT2D eigenvalue weighted by Crippen LogP contribution is 2.42. The van der Waals surface area contributed by atoms with E-state index in [4.69, 9.17) is 4.52 Å². The number of amides is 3. The van der Waals surface area contributed by atoms with E-state index in [2.05, 4.69) is 15.8 Å². The predicted molar refractivity (Wildman–Crippen MR) is 117 cm³/mol. The van der Waals surface area contributed by atoms with Gasteiger partial charge in [-0.2, -0.15) is 0 Å². The summed E-state index contributed by atoms with van der Waals surface area (Å²) in [6, 6.07) is 5.75. The molecular formula is C24H28N4O4. The van der Waals surface area contributed by atoms with Gasteiger partial charge in [0.1, 0.15) is 11.3 Å². The Bertz CT molecular complexity index is 1050. The molecule has 2 aliphatic heterocycles. The van der Waals surface area contributed by atoms with Crippen LogP contribution in [0.15, 0.2) is 28.9 Å². The summed E-state index contributed by atoms with van der Waals surface area (Å²) in [6.07, 6.45) is 7.30. The fourth-order valence-electron chi connectivity index (χ4n) is 5.34. The Morgan fingerprint density at radius 2 is 1.91 bits per heavy atom. The molecule has 32 heavy (non-hydrogen) atoms. The number of aromatic nitrogens is 1. The molecule has 2 fully saturated rings. The van der Waals surface area contributed by atoms with Gasteiger partial charge in [0.05, 0.1) is 12.1 Å². The number of nitrogens with one attached hydrogen (secondary N) is 2. The first-order valence-electron chi connectivity index (χ1n) is 11.5. The van der Waals surface area contributed by atoms with Crippen molar-refractivity contribution in [1.82, 2.24) is 15.4 Å². The molecule has 8 nitrogen and oxygen atoms in total. The molecule has 1 saturated carbocycles. The molecule has 5 rings (SSSR count). The average Bonchev–Trinajstić information content (AvgIpc) is 3.53. The van der Waals surface area contributed by atoms with Gasteiger partial charge in [0.25, 0.3) is 11.8 Å². The molecule has 1 aliphatic carbocycles. The molecule has 1 atom stereocenters. The maximum Gasteiger partial charge on any atom is 0.259 e. The lowest BCUT2D eigenvalue weighted by Gasteiger charge is -2.34. The molecule has 3 amide bonds. The van der Waals surface area contributed by atoms with Crippen LogP contribution in [0.4, 0.5) is 5.69 Å². The Balaban J connectivity index is 1.28. The van der Waals surface area contributed by atoms with Crippen molar-refractivity contribution in [3.8, 4) is 0 Å². The van der Waals surface area contributed by atoms with E-state index >= 15 is 0 Å². The van der Waals surface area contributed by atoms with Crippen LogP contribution in [-0.4, -0.2) is 46.9 Å². The van der Waals surface area contributed by atoms with Crippen LogP contribution in [0, 0.1) is 12.8 Å². The summed E-state index contributed by atoms with van der Waals surface area (Å²) in [5.41, 5.74) is 2.78. The zero-order valence-electron chi connectivity index (χ0n) is 18.2. The third kappa shape index (κ3) is 3.78. The second-order valence-electron chi connectivity index (χ2n) is 9.15. The van der Waals surface area contributed by atoms with Crippen LogP contribution in [-0.2, 0) is 4.79 Å². The molecular weight excluding hydrogens is 408 g/mol. The summed E-state index contributed by atoms with van der Waals surface area (Å²) in [5.74, 6) is 0.181. The van der Waals surface area contributed by atoms with Gasteiger partial charge in [-0.05, 0) is 62.3 Å². The first kappa shape index (κ1) is 20.7. The normalized spacial score (nSPS) is 21.5. The van der Waals surface area contributed by atoms with E-state index in [9.17, 15) is 14.4 Å². The monoisotopic (exact) mass is 436 g/mol. The van der Waals surface area contributed by atoms with Gasteiger partial charge in [-0.3, -0.25) is 14.4 Å². The van der Waals surface area contributed by atoms with Crippen LogP contribution in [0.1, 0.15) is 76.5 Å². The van der Waals surface area contributed by atoms with Crippen LogP contribution in [0.2, 0.25) is 0 Å².